The van der Waals surface area contributed by atoms with Gasteiger partial charge in [-0.05, 0) is 40.4 Å². The second-order valence-electron chi connectivity index (χ2n) is 4.56. The number of nitrogens with zero attached hydrogens (tertiary/aromatic N) is 2. The molecule has 1 heterocycles. The lowest BCUT2D eigenvalue weighted by molar-refractivity contribution is 0.559. The van der Waals surface area contributed by atoms with E-state index in [1.165, 1.54) is 0 Å². The van der Waals surface area contributed by atoms with Crippen LogP contribution in [0.4, 0.5) is 0 Å². The molecular weight excluding hydrogens is 326 g/mol. The van der Waals surface area contributed by atoms with Crippen LogP contribution in [0.3, 0.4) is 0 Å². The number of hydrogen-bond acceptors (Lipinski definition) is 2. The minimum Gasteiger partial charge on any atom is -0.319 e. The van der Waals surface area contributed by atoms with Crippen LogP contribution < -0.4 is 5.73 Å². The Morgan fingerprint density at radius 2 is 2.21 bits per heavy atom. The van der Waals surface area contributed by atoms with E-state index in [0.29, 0.717) is 0 Å². The normalized spacial score (nSPS) is 12.7. The van der Waals surface area contributed by atoms with Crippen molar-refractivity contribution in [3.05, 3.63) is 50.7 Å². The highest BCUT2D eigenvalue weighted by atomic mass is 79.9. The predicted molar refractivity (Wildman–Crippen MR) is 82.4 cm³/mol. The van der Waals surface area contributed by atoms with Crippen molar-refractivity contribution in [1.82, 2.24) is 9.78 Å². The van der Waals surface area contributed by atoms with Gasteiger partial charge in [-0.25, -0.2) is 0 Å². The molecule has 0 spiro atoms. The third-order valence-electron chi connectivity index (χ3n) is 3.12. The fourth-order valence-corrected chi connectivity index (χ4v) is 2.92. The van der Waals surface area contributed by atoms with Crippen molar-refractivity contribution in [3.63, 3.8) is 0 Å². The van der Waals surface area contributed by atoms with Gasteiger partial charge < -0.3 is 5.73 Å². The van der Waals surface area contributed by atoms with Crippen LogP contribution in [0.25, 0.3) is 0 Å². The first kappa shape index (κ1) is 14.6. The van der Waals surface area contributed by atoms with Crippen LogP contribution in [-0.4, -0.2) is 9.78 Å². The number of nitrogens with two attached hydrogens (primary N) is 1. The average molecular weight is 343 g/mol. The second kappa shape index (κ2) is 6.07. The Morgan fingerprint density at radius 3 is 2.89 bits per heavy atom. The van der Waals surface area contributed by atoms with Crippen molar-refractivity contribution < 1.29 is 0 Å². The number of aryl methyl sites for hydroxylation is 2. The van der Waals surface area contributed by atoms with Gasteiger partial charge in [-0.15, -0.1) is 0 Å². The first-order valence-electron chi connectivity index (χ1n) is 6.28. The summed E-state index contributed by atoms with van der Waals surface area (Å²) in [6, 6.07) is 5.65. The molecule has 2 rings (SSSR count). The standard InChI is InChI=1S/C14H17BrClN3/c1-3-7-19-14(11(15)8-18-19)13(17)10-6-4-5-9(2)12(10)16/h4-6,8,13H,3,7,17H2,1-2H3. The molecule has 0 aliphatic heterocycles. The van der Waals surface area contributed by atoms with E-state index in [4.69, 9.17) is 17.3 Å². The molecule has 0 saturated carbocycles. The van der Waals surface area contributed by atoms with Gasteiger partial charge in [-0.3, -0.25) is 4.68 Å². The van der Waals surface area contributed by atoms with E-state index in [1.54, 1.807) is 6.20 Å². The van der Waals surface area contributed by atoms with Crippen LogP contribution in [0.15, 0.2) is 28.9 Å². The average Bonchev–Trinajstić information content (AvgIpc) is 2.74. The van der Waals surface area contributed by atoms with Crippen molar-refractivity contribution in [3.8, 4) is 0 Å². The molecule has 5 heteroatoms. The highest BCUT2D eigenvalue weighted by Gasteiger charge is 2.20. The maximum Gasteiger partial charge on any atom is 0.0749 e. The summed E-state index contributed by atoms with van der Waals surface area (Å²) in [6.45, 7) is 4.94. The van der Waals surface area contributed by atoms with Gasteiger partial charge in [0.1, 0.15) is 0 Å². The summed E-state index contributed by atoms with van der Waals surface area (Å²) in [4.78, 5) is 0. The monoisotopic (exact) mass is 341 g/mol. The molecule has 0 amide bonds. The summed E-state index contributed by atoms with van der Waals surface area (Å²) in [5.74, 6) is 0. The SMILES string of the molecule is CCCn1ncc(Br)c1C(N)c1cccc(C)c1Cl. The van der Waals surface area contributed by atoms with Crippen LogP contribution in [0.2, 0.25) is 5.02 Å². The first-order chi connectivity index (χ1) is 9.06. The second-order valence-corrected chi connectivity index (χ2v) is 5.79. The summed E-state index contributed by atoms with van der Waals surface area (Å²) in [5.41, 5.74) is 9.32. The quantitative estimate of drug-likeness (QED) is 0.910. The van der Waals surface area contributed by atoms with Gasteiger partial charge in [-0.2, -0.15) is 5.10 Å². The van der Waals surface area contributed by atoms with E-state index in [-0.39, 0.29) is 6.04 Å². The van der Waals surface area contributed by atoms with E-state index >= 15 is 0 Å². The lowest BCUT2D eigenvalue weighted by Gasteiger charge is -2.17. The highest BCUT2D eigenvalue weighted by molar-refractivity contribution is 9.10. The van der Waals surface area contributed by atoms with Crippen molar-refractivity contribution in [1.29, 1.82) is 0 Å². The number of halogens is 2. The summed E-state index contributed by atoms with van der Waals surface area (Å²) in [7, 11) is 0. The Morgan fingerprint density at radius 1 is 1.47 bits per heavy atom. The van der Waals surface area contributed by atoms with E-state index < -0.39 is 0 Å². The van der Waals surface area contributed by atoms with Gasteiger partial charge in [0.25, 0.3) is 0 Å². The minimum atomic E-state index is -0.282. The zero-order chi connectivity index (χ0) is 14.0. The van der Waals surface area contributed by atoms with Crippen LogP contribution in [-0.2, 0) is 6.54 Å². The third kappa shape index (κ3) is 2.86. The molecule has 2 N–H and O–H groups in total. The summed E-state index contributed by atoms with van der Waals surface area (Å²) < 4.78 is 2.86. The molecule has 19 heavy (non-hydrogen) atoms. The fourth-order valence-electron chi connectivity index (χ4n) is 2.13. The molecule has 0 aliphatic carbocycles. The van der Waals surface area contributed by atoms with Gasteiger partial charge in [0.15, 0.2) is 0 Å². The van der Waals surface area contributed by atoms with Crippen LogP contribution in [0, 0.1) is 6.92 Å². The molecule has 102 valence electrons. The zero-order valence-electron chi connectivity index (χ0n) is 11.0. The van der Waals surface area contributed by atoms with Gasteiger partial charge in [0, 0.05) is 11.6 Å². The molecule has 2 aromatic rings. The topological polar surface area (TPSA) is 43.8 Å². The van der Waals surface area contributed by atoms with Gasteiger partial charge in [-0.1, -0.05) is 36.7 Å². The van der Waals surface area contributed by atoms with E-state index in [2.05, 4.69) is 28.0 Å². The predicted octanol–water partition coefficient (Wildman–Crippen LogP) is 4.07. The Bertz CT molecular complexity index is 580. The van der Waals surface area contributed by atoms with E-state index in [0.717, 1.165) is 39.3 Å². The Kier molecular flexibility index (Phi) is 4.66. The smallest absolute Gasteiger partial charge is 0.0749 e. The Balaban J connectivity index is 2.46. The number of benzene rings is 1. The lowest BCUT2D eigenvalue weighted by Crippen LogP contribution is -2.18. The largest absolute Gasteiger partial charge is 0.319 e. The summed E-state index contributed by atoms with van der Waals surface area (Å²) in [5, 5.41) is 5.08. The maximum atomic E-state index is 6.39. The Labute approximate surface area is 126 Å². The Hall–Kier alpha value is -0.840. The van der Waals surface area contributed by atoms with Crippen molar-refractivity contribution in [2.24, 2.45) is 5.73 Å². The molecule has 0 saturated heterocycles. The van der Waals surface area contributed by atoms with Gasteiger partial charge >= 0.3 is 0 Å². The highest BCUT2D eigenvalue weighted by Crippen LogP contribution is 2.32. The van der Waals surface area contributed by atoms with Crippen LogP contribution in [0.1, 0.15) is 36.2 Å². The van der Waals surface area contributed by atoms with Crippen molar-refractivity contribution in [2.75, 3.05) is 0 Å². The van der Waals surface area contributed by atoms with E-state index in [1.807, 2.05) is 29.8 Å². The molecule has 0 bridgehead atoms. The fraction of sp³-hybridized carbons (Fsp3) is 0.357. The molecule has 0 aliphatic rings. The molecule has 1 aromatic carbocycles. The van der Waals surface area contributed by atoms with Gasteiger partial charge in [0.05, 0.1) is 22.4 Å². The molecule has 1 atom stereocenters. The first-order valence-corrected chi connectivity index (χ1v) is 7.45. The number of rotatable bonds is 4. The zero-order valence-corrected chi connectivity index (χ0v) is 13.4. The van der Waals surface area contributed by atoms with Gasteiger partial charge in [0.2, 0.25) is 0 Å². The molecule has 0 fully saturated rings. The van der Waals surface area contributed by atoms with Crippen molar-refractivity contribution in [2.45, 2.75) is 32.9 Å². The molecule has 3 nitrogen and oxygen atoms in total. The maximum absolute atomic E-state index is 6.39. The third-order valence-corrected chi connectivity index (χ3v) is 4.25. The lowest BCUT2D eigenvalue weighted by atomic mass is 10.0. The summed E-state index contributed by atoms with van der Waals surface area (Å²) >= 11 is 9.88. The molecular formula is C14H17BrClN3. The summed E-state index contributed by atoms with van der Waals surface area (Å²) in [6.07, 6.45) is 2.80. The molecule has 0 radical (unpaired) electrons. The molecule has 1 unspecified atom stereocenters. The van der Waals surface area contributed by atoms with Crippen molar-refractivity contribution >= 4 is 27.5 Å². The number of hydrogen-bond donors (Lipinski definition) is 1. The van der Waals surface area contributed by atoms with E-state index in [9.17, 15) is 0 Å². The van der Waals surface area contributed by atoms with Crippen LogP contribution >= 0.6 is 27.5 Å². The number of aromatic nitrogens is 2. The minimum absolute atomic E-state index is 0.282. The molecule has 1 aromatic heterocycles. The van der Waals surface area contributed by atoms with Crippen LogP contribution in [0.5, 0.6) is 0 Å².